The lowest BCUT2D eigenvalue weighted by molar-refractivity contribution is 0.154. The molecule has 0 saturated heterocycles. The number of nitrogens with one attached hydrogen (secondary N) is 1. The number of halogens is 2. The monoisotopic (exact) mass is 293 g/mol. The van der Waals surface area contributed by atoms with Crippen LogP contribution in [0.4, 0.5) is 5.82 Å². The molecule has 4 nitrogen and oxygen atoms in total. The molecule has 1 aromatic rings. The summed E-state index contributed by atoms with van der Waals surface area (Å²) in [5.41, 5.74) is 0. The van der Waals surface area contributed by atoms with Gasteiger partial charge in [0.15, 0.2) is 0 Å². The molecule has 0 aromatic carbocycles. The highest BCUT2D eigenvalue weighted by Crippen LogP contribution is 2.26. The van der Waals surface area contributed by atoms with Gasteiger partial charge in [-0.15, -0.1) is 0 Å². The summed E-state index contributed by atoms with van der Waals surface area (Å²) in [6, 6.07) is -0.0859. The second kappa shape index (κ2) is 5.63. The number of anilines is 1. The Bertz CT molecular complexity index is 337. The molecule has 0 spiro atoms. The first-order chi connectivity index (χ1) is 7.06. The summed E-state index contributed by atoms with van der Waals surface area (Å²) in [5.74, 6) is 0.593. The second-order valence-electron chi connectivity index (χ2n) is 3.24. The molecule has 0 amide bonds. The largest absolute Gasteiger partial charge is 0.391 e. The minimum Gasteiger partial charge on any atom is -0.391 e. The maximum absolute atomic E-state index is 9.59. The van der Waals surface area contributed by atoms with E-state index in [4.69, 9.17) is 11.6 Å². The van der Waals surface area contributed by atoms with E-state index in [-0.39, 0.29) is 6.04 Å². The van der Waals surface area contributed by atoms with Gasteiger partial charge in [-0.1, -0.05) is 18.5 Å². The summed E-state index contributed by atoms with van der Waals surface area (Å²) in [7, 11) is 0. The van der Waals surface area contributed by atoms with Crippen LogP contribution in [0.15, 0.2) is 10.8 Å². The van der Waals surface area contributed by atoms with Gasteiger partial charge in [0.1, 0.15) is 17.3 Å². The van der Waals surface area contributed by atoms with Crippen molar-refractivity contribution in [2.45, 2.75) is 32.4 Å². The number of aliphatic hydroxyl groups is 1. The van der Waals surface area contributed by atoms with Crippen molar-refractivity contribution in [1.82, 2.24) is 9.97 Å². The van der Waals surface area contributed by atoms with Crippen molar-refractivity contribution in [1.29, 1.82) is 0 Å². The normalized spacial score (nSPS) is 14.7. The lowest BCUT2D eigenvalue weighted by Crippen LogP contribution is -2.30. The maximum atomic E-state index is 9.59. The fraction of sp³-hybridized carbons (Fsp3) is 0.556. The van der Waals surface area contributed by atoms with Crippen molar-refractivity contribution in [2.24, 2.45) is 0 Å². The Morgan fingerprint density at radius 2 is 2.27 bits per heavy atom. The van der Waals surface area contributed by atoms with Gasteiger partial charge >= 0.3 is 0 Å². The summed E-state index contributed by atoms with van der Waals surface area (Å²) >= 11 is 9.09. The lowest BCUT2D eigenvalue weighted by Gasteiger charge is -2.19. The Morgan fingerprint density at radius 3 is 2.87 bits per heavy atom. The summed E-state index contributed by atoms with van der Waals surface area (Å²) in [4.78, 5) is 7.85. The van der Waals surface area contributed by atoms with E-state index in [0.717, 1.165) is 0 Å². The van der Waals surface area contributed by atoms with Gasteiger partial charge in [-0.3, -0.25) is 0 Å². The molecule has 6 heteroatoms. The predicted molar refractivity (Wildman–Crippen MR) is 64.1 cm³/mol. The first-order valence-corrected chi connectivity index (χ1v) is 5.84. The third-order valence-electron chi connectivity index (χ3n) is 2.11. The Kier molecular flexibility index (Phi) is 4.76. The van der Waals surface area contributed by atoms with E-state index in [9.17, 15) is 5.11 Å². The Balaban J connectivity index is 2.76. The fourth-order valence-electron chi connectivity index (χ4n) is 1.11. The molecular formula is C9H13BrClN3O. The van der Waals surface area contributed by atoms with Crippen molar-refractivity contribution in [2.75, 3.05) is 5.32 Å². The van der Waals surface area contributed by atoms with Gasteiger partial charge in [0.05, 0.1) is 16.6 Å². The summed E-state index contributed by atoms with van der Waals surface area (Å²) < 4.78 is 0.613. The molecule has 0 bridgehead atoms. The molecule has 2 unspecified atom stereocenters. The zero-order valence-electron chi connectivity index (χ0n) is 8.54. The summed E-state index contributed by atoms with van der Waals surface area (Å²) in [6.07, 6.45) is 1.65. The average molecular weight is 295 g/mol. The molecule has 0 aliphatic rings. The molecule has 15 heavy (non-hydrogen) atoms. The first kappa shape index (κ1) is 12.7. The zero-order valence-corrected chi connectivity index (χ0v) is 10.9. The lowest BCUT2D eigenvalue weighted by atomic mass is 10.1. The van der Waals surface area contributed by atoms with Crippen LogP contribution in [-0.4, -0.2) is 27.2 Å². The third kappa shape index (κ3) is 3.29. The van der Waals surface area contributed by atoms with Gasteiger partial charge < -0.3 is 10.4 Å². The van der Waals surface area contributed by atoms with Crippen LogP contribution in [0.3, 0.4) is 0 Å². The van der Waals surface area contributed by atoms with Crippen LogP contribution < -0.4 is 5.32 Å². The highest BCUT2D eigenvalue weighted by Gasteiger charge is 2.14. The van der Waals surface area contributed by atoms with Gasteiger partial charge in [-0.05, 0) is 29.3 Å². The molecule has 1 aromatic heterocycles. The van der Waals surface area contributed by atoms with E-state index >= 15 is 0 Å². The quantitative estimate of drug-likeness (QED) is 0.838. The van der Waals surface area contributed by atoms with Crippen LogP contribution in [-0.2, 0) is 0 Å². The molecule has 0 fully saturated rings. The highest BCUT2D eigenvalue weighted by atomic mass is 79.9. The van der Waals surface area contributed by atoms with E-state index in [2.05, 4.69) is 31.2 Å². The molecule has 2 N–H and O–H groups in total. The minimum atomic E-state index is -0.411. The Labute approximate surface area is 102 Å². The molecular weight excluding hydrogens is 281 g/mol. The summed E-state index contributed by atoms with van der Waals surface area (Å²) in [5, 5.41) is 13.0. The molecule has 1 rings (SSSR count). The molecule has 0 aliphatic carbocycles. The van der Waals surface area contributed by atoms with Crippen LogP contribution in [0, 0.1) is 0 Å². The second-order valence-corrected chi connectivity index (χ2v) is 4.39. The molecule has 0 saturated carbocycles. The summed E-state index contributed by atoms with van der Waals surface area (Å²) in [6.45, 7) is 3.81. The smallest absolute Gasteiger partial charge is 0.148 e. The number of aliphatic hydroxyl groups excluding tert-OH is 1. The van der Waals surface area contributed by atoms with Gasteiger partial charge in [-0.25, -0.2) is 9.97 Å². The van der Waals surface area contributed by atoms with Crippen molar-refractivity contribution in [3.63, 3.8) is 0 Å². The molecule has 0 aliphatic heterocycles. The van der Waals surface area contributed by atoms with Crippen LogP contribution in [0.2, 0.25) is 5.15 Å². The van der Waals surface area contributed by atoms with E-state index in [0.29, 0.717) is 21.9 Å². The van der Waals surface area contributed by atoms with Gasteiger partial charge in [-0.2, -0.15) is 0 Å². The van der Waals surface area contributed by atoms with E-state index in [1.165, 1.54) is 6.33 Å². The molecule has 2 atom stereocenters. The maximum Gasteiger partial charge on any atom is 0.148 e. The van der Waals surface area contributed by atoms with Gasteiger partial charge in [0, 0.05) is 0 Å². The van der Waals surface area contributed by atoms with Crippen molar-refractivity contribution >= 4 is 33.3 Å². The van der Waals surface area contributed by atoms with E-state index in [1.54, 1.807) is 0 Å². The van der Waals surface area contributed by atoms with E-state index in [1.807, 2.05) is 13.8 Å². The molecule has 84 valence electrons. The van der Waals surface area contributed by atoms with Gasteiger partial charge in [0.25, 0.3) is 0 Å². The predicted octanol–water partition coefficient (Wildman–Crippen LogP) is 2.46. The standard InChI is InChI=1S/C9H13BrClN3O/c1-3-6(15)5(2)14-9-7(10)8(11)12-4-13-9/h4-6,15H,3H2,1-2H3,(H,12,13,14). The number of hydrogen-bond donors (Lipinski definition) is 2. The first-order valence-electron chi connectivity index (χ1n) is 4.66. The zero-order chi connectivity index (χ0) is 11.4. The third-order valence-corrected chi connectivity index (χ3v) is 3.37. The van der Waals surface area contributed by atoms with Crippen LogP contribution >= 0.6 is 27.5 Å². The number of aromatic nitrogens is 2. The molecule has 1 heterocycles. The average Bonchev–Trinajstić information content (AvgIpc) is 2.23. The van der Waals surface area contributed by atoms with Crippen LogP contribution in [0.5, 0.6) is 0 Å². The minimum absolute atomic E-state index is 0.0859. The Hall–Kier alpha value is -0.390. The SMILES string of the molecule is CCC(O)C(C)Nc1ncnc(Cl)c1Br. The van der Waals surface area contributed by atoms with Crippen LogP contribution in [0.25, 0.3) is 0 Å². The highest BCUT2D eigenvalue weighted by molar-refractivity contribution is 9.10. The van der Waals surface area contributed by atoms with Crippen molar-refractivity contribution < 1.29 is 5.11 Å². The number of rotatable bonds is 4. The van der Waals surface area contributed by atoms with Crippen molar-refractivity contribution in [3.05, 3.63) is 16.0 Å². The fourth-order valence-corrected chi connectivity index (χ4v) is 1.57. The Morgan fingerprint density at radius 1 is 1.60 bits per heavy atom. The van der Waals surface area contributed by atoms with Crippen molar-refractivity contribution in [3.8, 4) is 0 Å². The van der Waals surface area contributed by atoms with E-state index < -0.39 is 6.10 Å². The van der Waals surface area contributed by atoms with Crippen LogP contribution in [0.1, 0.15) is 20.3 Å². The molecule has 0 radical (unpaired) electrons. The number of nitrogens with zero attached hydrogens (tertiary/aromatic N) is 2. The number of hydrogen-bond acceptors (Lipinski definition) is 4. The topological polar surface area (TPSA) is 58.0 Å². The van der Waals surface area contributed by atoms with Gasteiger partial charge in [0.2, 0.25) is 0 Å².